The molecule has 0 spiro atoms. The molecule has 0 aromatic carbocycles. The number of hydrogen-bond donors (Lipinski definition) is 0. The Balaban J connectivity index is 1.66. The van der Waals surface area contributed by atoms with Gasteiger partial charge in [0.2, 0.25) is 10.3 Å². The second-order valence-electron chi connectivity index (χ2n) is 7.10. The Morgan fingerprint density at radius 2 is 1.39 bits per heavy atom. The van der Waals surface area contributed by atoms with Crippen molar-refractivity contribution >= 4 is 20.3 Å². The van der Waals surface area contributed by atoms with E-state index in [4.69, 9.17) is 0 Å². The first kappa shape index (κ1) is 17.4. The highest BCUT2D eigenvalue weighted by Crippen LogP contribution is 2.60. The molecular weight excluding hydrogens is 359 g/mol. The average molecular weight is 376 g/mol. The summed E-state index contributed by atoms with van der Waals surface area (Å²) in [4.78, 5) is 0. The fourth-order valence-electron chi connectivity index (χ4n) is 4.85. The summed E-state index contributed by atoms with van der Waals surface area (Å²) in [7, 11) is -11.3. The number of nitrogens with zero attached hydrogens (tertiary/aromatic N) is 1. The Bertz CT molecular complexity index is 651. The first-order valence-corrected chi connectivity index (χ1v) is 10.2. The number of hydrogen-bond acceptors (Lipinski definition) is 5. The zero-order valence-electron chi connectivity index (χ0n) is 12.1. The molecule has 4 aliphatic carbocycles. The minimum Gasteiger partial charge on any atom is -0.404 e. The van der Waals surface area contributed by atoms with Crippen molar-refractivity contribution in [1.82, 2.24) is 0 Å². The highest BCUT2D eigenvalue weighted by atomic mass is 32.3. The molecule has 23 heavy (non-hydrogen) atoms. The maximum absolute atomic E-state index is 12.2. The van der Waals surface area contributed by atoms with Gasteiger partial charge in [0.25, 0.3) is 0 Å². The van der Waals surface area contributed by atoms with Gasteiger partial charge in [0, 0.05) is 0 Å². The molecule has 0 aromatic heterocycles. The number of rotatable bonds is 5. The van der Waals surface area contributed by atoms with Crippen LogP contribution in [0.15, 0.2) is 0 Å². The molecule has 0 amide bonds. The number of halogens is 3. The smallest absolute Gasteiger partial charge is 0.404 e. The Kier molecular flexibility index (Phi) is 4.02. The van der Waals surface area contributed by atoms with Crippen LogP contribution in [0.25, 0.3) is 4.13 Å². The van der Waals surface area contributed by atoms with Crippen LogP contribution in [-0.2, 0) is 24.5 Å². The Labute approximate surface area is 133 Å². The summed E-state index contributed by atoms with van der Waals surface area (Å²) in [5.74, 6) is 1.51. The van der Waals surface area contributed by atoms with Gasteiger partial charge in [-0.2, -0.15) is 13.2 Å². The normalized spacial score (nSPS) is 37.3. The van der Waals surface area contributed by atoms with Gasteiger partial charge in [0.1, 0.15) is 0 Å². The Morgan fingerprint density at radius 1 is 0.957 bits per heavy atom. The van der Waals surface area contributed by atoms with Gasteiger partial charge < -0.3 is 4.13 Å². The van der Waals surface area contributed by atoms with Crippen molar-refractivity contribution in [3.63, 3.8) is 0 Å². The van der Waals surface area contributed by atoms with Gasteiger partial charge in [-0.15, -0.1) is 0 Å². The highest BCUT2D eigenvalue weighted by molar-refractivity contribution is 8.10. The molecule has 4 bridgehead atoms. The van der Waals surface area contributed by atoms with Crippen LogP contribution < -0.4 is 0 Å². The van der Waals surface area contributed by atoms with Gasteiger partial charge in [0.05, 0.1) is 6.61 Å². The van der Waals surface area contributed by atoms with E-state index in [1.165, 1.54) is 0 Å². The van der Waals surface area contributed by atoms with Gasteiger partial charge in [0.15, 0.2) is 10.0 Å². The van der Waals surface area contributed by atoms with E-state index in [1.54, 1.807) is 0 Å². The van der Waals surface area contributed by atoms with Crippen molar-refractivity contribution in [2.24, 2.45) is 23.2 Å². The molecule has 0 atom stereocenters. The number of alkyl halides is 3. The molecule has 134 valence electrons. The molecule has 0 N–H and O–H groups in total. The van der Waals surface area contributed by atoms with E-state index >= 15 is 0 Å². The van der Waals surface area contributed by atoms with Gasteiger partial charge in [-0.3, -0.25) is 4.18 Å². The molecule has 0 unspecified atom stereocenters. The monoisotopic (exact) mass is 376 g/mol. The van der Waals surface area contributed by atoms with E-state index in [0.717, 1.165) is 38.5 Å². The van der Waals surface area contributed by atoms with Crippen LogP contribution in [0, 0.1) is 23.2 Å². The van der Waals surface area contributed by atoms with Crippen LogP contribution in [0.1, 0.15) is 38.5 Å². The second-order valence-corrected chi connectivity index (χ2v) is 10.2. The largest absolute Gasteiger partial charge is 0.480 e. The molecule has 0 aromatic rings. The maximum Gasteiger partial charge on any atom is 0.480 e. The van der Waals surface area contributed by atoms with Crippen LogP contribution >= 0.6 is 0 Å². The predicted octanol–water partition coefficient (Wildman–Crippen LogP) is 2.69. The minimum absolute atomic E-state index is 0.296. The second kappa shape index (κ2) is 5.30. The first-order valence-electron chi connectivity index (χ1n) is 7.35. The molecule has 4 saturated carbocycles. The van der Waals surface area contributed by atoms with Crippen LogP contribution in [0.4, 0.5) is 13.2 Å². The molecule has 0 radical (unpaired) electrons. The van der Waals surface area contributed by atoms with Gasteiger partial charge in [-0.25, -0.2) is 16.8 Å². The lowest BCUT2D eigenvalue weighted by Gasteiger charge is -2.56. The van der Waals surface area contributed by atoms with E-state index in [-0.39, 0.29) is 12.0 Å². The Morgan fingerprint density at radius 3 is 1.78 bits per heavy atom. The van der Waals surface area contributed by atoms with Gasteiger partial charge in [-0.05, 0) is 61.7 Å². The molecule has 0 aliphatic heterocycles. The molecule has 4 fully saturated rings. The van der Waals surface area contributed by atoms with Crippen molar-refractivity contribution in [3.8, 4) is 0 Å². The average Bonchev–Trinajstić information content (AvgIpc) is 2.32. The predicted molar refractivity (Wildman–Crippen MR) is 73.8 cm³/mol. The third-order valence-corrected chi connectivity index (χ3v) is 7.68. The van der Waals surface area contributed by atoms with E-state index < -0.39 is 25.8 Å². The fraction of sp³-hybridized carbons (Fsp3) is 1.00. The summed E-state index contributed by atoms with van der Waals surface area (Å²) in [6, 6.07) is 0. The summed E-state index contributed by atoms with van der Waals surface area (Å²) >= 11 is 0. The van der Waals surface area contributed by atoms with E-state index in [0.29, 0.717) is 17.8 Å². The van der Waals surface area contributed by atoms with Crippen molar-refractivity contribution in [1.29, 1.82) is 0 Å². The minimum atomic E-state index is -6.12. The zero-order valence-corrected chi connectivity index (χ0v) is 13.8. The van der Waals surface area contributed by atoms with Crippen molar-refractivity contribution in [2.45, 2.75) is 44.0 Å². The lowest BCUT2D eigenvalue weighted by atomic mass is 9.50. The molecule has 6 nitrogen and oxygen atoms in total. The van der Waals surface area contributed by atoms with Crippen LogP contribution in [0.5, 0.6) is 0 Å². The highest BCUT2D eigenvalue weighted by Gasteiger charge is 2.51. The Hall–Kier alpha value is -0.390. The molecule has 0 saturated heterocycles. The van der Waals surface area contributed by atoms with E-state index in [1.807, 2.05) is 4.13 Å². The number of sulfonamides is 1. The zero-order chi connectivity index (χ0) is 17.1. The van der Waals surface area contributed by atoms with Crippen LogP contribution in [0.3, 0.4) is 0 Å². The molecule has 4 aliphatic rings. The van der Waals surface area contributed by atoms with Crippen molar-refractivity contribution in [2.75, 3.05) is 6.61 Å². The van der Waals surface area contributed by atoms with Crippen LogP contribution in [-0.4, -0.2) is 29.0 Å². The van der Waals surface area contributed by atoms with E-state index in [9.17, 15) is 30.0 Å². The van der Waals surface area contributed by atoms with Crippen LogP contribution in [0.2, 0.25) is 0 Å². The standard InChI is InChI=1S/C12H17F3NO5S2/c13-12(14,15)22(17,18)16-23(19,20)21-7-11-4-8-1-9(5-11)3-10(2-8)6-11/h8-10H,1-7H2/q-1. The third kappa shape index (κ3) is 3.52. The summed E-state index contributed by atoms with van der Waals surface area (Å²) in [5.41, 5.74) is -6.14. The fourth-order valence-corrected chi connectivity index (χ4v) is 6.72. The molecular formula is C12H17F3NO5S2-. The maximum atomic E-state index is 12.2. The molecule has 11 heteroatoms. The van der Waals surface area contributed by atoms with Gasteiger partial charge in [-0.1, -0.05) is 0 Å². The molecule has 4 rings (SSSR count). The summed E-state index contributed by atoms with van der Waals surface area (Å²) in [6.45, 7) is -0.296. The van der Waals surface area contributed by atoms with E-state index in [2.05, 4.69) is 4.18 Å². The molecule has 0 heterocycles. The summed E-state index contributed by atoms with van der Waals surface area (Å²) in [6.07, 6.45) is 5.66. The summed E-state index contributed by atoms with van der Waals surface area (Å²) in [5, 5.41) is 0. The quantitative estimate of drug-likeness (QED) is 0.736. The lowest BCUT2D eigenvalue weighted by Crippen LogP contribution is -2.48. The third-order valence-electron chi connectivity index (χ3n) is 5.16. The topological polar surface area (TPSA) is 91.6 Å². The van der Waals surface area contributed by atoms with Gasteiger partial charge >= 0.3 is 5.51 Å². The first-order chi connectivity index (χ1) is 10.4. The van der Waals surface area contributed by atoms with Crippen molar-refractivity contribution in [3.05, 3.63) is 4.13 Å². The summed E-state index contributed by atoms with van der Waals surface area (Å²) < 4.78 is 87.9. The van der Waals surface area contributed by atoms with Crippen molar-refractivity contribution < 1.29 is 34.2 Å². The lowest BCUT2D eigenvalue weighted by molar-refractivity contribution is -0.0733. The SMILES string of the molecule is O=S(=O)([N-]S(=O)(=O)C(F)(F)F)OCC12CC3CC(CC(C3)C1)C2.